The first-order valence-corrected chi connectivity index (χ1v) is 6.26. The summed E-state index contributed by atoms with van der Waals surface area (Å²) < 4.78 is 10.3. The van der Waals surface area contributed by atoms with Crippen LogP contribution in [0.5, 0.6) is 11.5 Å². The van der Waals surface area contributed by atoms with Crippen molar-refractivity contribution in [2.24, 2.45) is 0 Å². The zero-order chi connectivity index (χ0) is 15.2. The summed E-state index contributed by atoms with van der Waals surface area (Å²) in [6, 6.07) is 11.5. The van der Waals surface area contributed by atoms with Gasteiger partial charge >= 0.3 is 0 Å². The van der Waals surface area contributed by atoms with Crippen LogP contribution in [-0.4, -0.2) is 26.4 Å². The van der Waals surface area contributed by atoms with E-state index >= 15 is 0 Å². The predicted molar refractivity (Wildman–Crippen MR) is 79.3 cm³/mol. The molecule has 5 nitrogen and oxygen atoms in total. The van der Waals surface area contributed by atoms with Crippen molar-refractivity contribution >= 4 is 17.9 Å². The van der Waals surface area contributed by atoms with E-state index in [4.69, 9.17) is 9.47 Å². The standard InChI is InChI=1S/C16H15NO4/c1-20-13-7-8-14(15(9-13)21-2)17-16(19)12-5-3-11(10-18)4-6-12/h3-10H,1-2H3,(H,17,19). The third-order valence-electron chi connectivity index (χ3n) is 2.97. The summed E-state index contributed by atoms with van der Waals surface area (Å²) in [7, 11) is 3.07. The number of hydrogen-bond acceptors (Lipinski definition) is 4. The van der Waals surface area contributed by atoms with Crippen LogP contribution in [-0.2, 0) is 0 Å². The van der Waals surface area contributed by atoms with Gasteiger partial charge in [0.2, 0.25) is 0 Å². The van der Waals surface area contributed by atoms with E-state index in [2.05, 4.69) is 5.32 Å². The van der Waals surface area contributed by atoms with Gasteiger partial charge in [-0.15, -0.1) is 0 Å². The van der Waals surface area contributed by atoms with Gasteiger partial charge in [0.05, 0.1) is 19.9 Å². The Balaban J connectivity index is 2.20. The topological polar surface area (TPSA) is 64.6 Å². The third kappa shape index (κ3) is 3.39. The molecule has 0 saturated heterocycles. The van der Waals surface area contributed by atoms with Gasteiger partial charge in [0.15, 0.2) is 0 Å². The molecule has 108 valence electrons. The summed E-state index contributed by atoms with van der Waals surface area (Å²) >= 11 is 0. The number of hydrogen-bond donors (Lipinski definition) is 1. The van der Waals surface area contributed by atoms with Crippen molar-refractivity contribution in [3.05, 3.63) is 53.6 Å². The van der Waals surface area contributed by atoms with Crippen molar-refractivity contribution in [3.63, 3.8) is 0 Å². The van der Waals surface area contributed by atoms with Crippen LogP contribution in [0.25, 0.3) is 0 Å². The minimum absolute atomic E-state index is 0.282. The van der Waals surface area contributed by atoms with Crippen LogP contribution in [0.3, 0.4) is 0 Å². The van der Waals surface area contributed by atoms with E-state index in [1.807, 2.05) is 0 Å². The molecule has 0 fully saturated rings. The molecule has 2 rings (SSSR count). The molecule has 1 N–H and O–H groups in total. The second-order valence-electron chi connectivity index (χ2n) is 4.26. The molecule has 0 aromatic heterocycles. The van der Waals surface area contributed by atoms with Crippen molar-refractivity contribution in [2.75, 3.05) is 19.5 Å². The van der Waals surface area contributed by atoms with Crippen LogP contribution >= 0.6 is 0 Å². The average molecular weight is 285 g/mol. The van der Waals surface area contributed by atoms with Gasteiger partial charge in [-0.25, -0.2) is 0 Å². The highest BCUT2D eigenvalue weighted by Crippen LogP contribution is 2.29. The van der Waals surface area contributed by atoms with E-state index < -0.39 is 0 Å². The first-order valence-electron chi connectivity index (χ1n) is 6.26. The van der Waals surface area contributed by atoms with Gasteiger partial charge in [-0.3, -0.25) is 9.59 Å². The lowest BCUT2D eigenvalue weighted by atomic mass is 10.1. The Morgan fingerprint density at radius 1 is 1.05 bits per heavy atom. The van der Waals surface area contributed by atoms with Crippen LogP contribution in [0.15, 0.2) is 42.5 Å². The Bertz CT molecular complexity index is 650. The van der Waals surface area contributed by atoms with Gasteiger partial charge < -0.3 is 14.8 Å². The van der Waals surface area contributed by atoms with Crippen LogP contribution < -0.4 is 14.8 Å². The fourth-order valence-electron chi connectivity index (χ4n) is 1.81. The number of nitrogens with one attached hydrogen (secondary N) is 1. The second-order valence-corrected chi connectivity index (χ2v) is 4.26. The number of carbonyl (C=O) groups is 2. The Morgan fingerprint density at radius 3 is 2.33 bits per heavy atom. The molecule has 0 aliphatic rings. The van der Waals surface area contributed by atoms with Crippen LogP contribution in [0.1, 0.15) is 20.7 Å². The van der Waals surface area contributed by atoms with Gasteiger partial charge in [0, 0.05) is 17.2 Å². The van der Waals surface area contributed by atoms with Gasteiger partial charge in [-0.05, 0) is 24.3 Å². The summed E-state index contributed by atoms with van der Waals surface area (Å²) in [5, 5.41) is 2.76. The van der Waals surface area contributed by atoms with Crippen molar-refractivity contribution in [1.29, 1.82) is 0 Å². The molecule has 0 unspecified atom stereocenters. The van der Waals surface area contributed by atoms with Crippen molar-refractivity contribution in [3.8, 4) is 11.5 Å². The Hall–Kier alpha value is -2.82. The fraction of sp³-hybridized carbons (Fsp3) is 0.125. The van der Waals surface area contributed by atoms with Crippen LogP contribution in [0, 0.1) is 0 Å². The number of aldehydes is 1. The molecular formula is C16H15NO4. The maximum absolute atomic E-state index is 12.2. The fourth-order valence-corrected chi connectivity index (χ4v) is 1.81. The predicted octanol–water partition coefficient (Wildman–Crippen LogP) is 2.77. The Labute approximate surface area is 122 Å². The molecule has 0 radical (unpaired) electrons. The zero-order valence-electron chi connectivity index (χ0n) is 11.8. The summed E-state index contributed by atoms with van der Waals surface area (Å²) in [6.07, 6.45) is 0.730. The molecule has 2 aromatic rings. The quantitative estimate of drug-likeness (QED) is 0.858. The molecule has 0 aliphatic carbocycles. The zero-order valence-corrected chi connectivity index (χ0v) is 11.8. The van der Waals surface area contributed by atoms with Crippen LogP contribution in [0.2, 0.25) is 0 Å². The normalized spacial score (nSPS) is 9.81. The summed E-state index contributed by atoms with van der Waals surface area (Å²) in [5.41, 5.74) is 1.52. The number of ether oxygens (including phenoxy) is 2. The average Bonchev–Trinajstić information content (AvgIpc) is 2.55. The smallest absolute Gasteiger partial charge is 0.255 e. The van der Waals surface area contributed by atoms with Gasteiger partial charge in [-0.1, -0.05) is 12.1 Å². The number of benzene rings is 2. The first kappa shape index (κ1) is 14.6. The lowest BCUT2D eigenvalue weighted by Crippen LogP contribution is -2.12. The molecule has 1 amide bonds. The maximum Gasteiger partial charge on any atom is 0.255 e. The molecule has 0 heterocycles. The number of carbonyl (C=O) groups excluding carboxylic acids is 2. The molecule has 0 bridgehead atoms. The molecule has 0 atom stereocenters. The summed E-state index contributed by atoms with van der Waals surface area (Å²) in [5.74, 6) is 0.864. The Morgan fingerprint density at radius 2 is 1.76 bits per heavy atom. The summed E-state index contributed by atoms with van der Waals surface area (Å²) in [6.45, 7) is 0. The second kappa shape index (κ2) is 6.56. The van der Waals surface area contributed by atoms with Gasteiger partial charge in [0.1, 0.15) is 17.8 Å². The van der Waals surface area contributed by atoms with Crippen LogP contribution in [0.4, 0.5) is 5.69 Å². The highest BCUT2D eigenvalue weighted by molar-refractivity contribution is 6.05. The maximum atomic E-state index is 12.2. The molecule has 0 saturated carbocycles. The monoisotopic (exact) mass is 285 g/mol. The summed E-state index contributed by atoms with van der Waals surface area (Å²) in [4.78, 5) is 22.7. The molecular weight excluding hydrogens is 270 g/mol. The van der Waals surface area contributed by atoms with E-state index in [0.717, 1.165) is 6.29 Å². The number of anilines is 1. The molecule has 0 aliphatic heterocycles. The van der Waals surface area contributed by atoms with Gasteiger partial charge in [0.25, 0.3) is 5.91 Å². The van der Waals surface area contributed by atoms with Crippen molar-refractivity contribution < 1.29 is 19.1 Å². The van der Waals surface area contributed by atoms with E-state index in [9.17, 15) is 9.59 Å². The third-order valence-corrected chi connectivity index (χ3v) is 2.97. The highest BCUT2D eigenvalue weighted by Gasteiger charge is 2.10. The van der Waals surface area contributed by atoms with E-state index in [1.165, 1.54) is 7.11 Å². The number of rotatable bonds is 5. The molecule has 5 heteroatoms. The van der Waals surface area contributed by atoms with E-state index in [0.29, 0.717) is 28.3 Å². The van der Waals surface area contributed by atoms with Crippen molar-refractivity contribution in [2.45, 2.75) is 0 Å². The number of methoxy groups -OCH3 is 2. The number of amides is 1. The largest absolute Gasteiger partial charge is 0.497 e. The SMILES string of the molecule is COc1ccc(NC(=O)c2ccc(C=O)cc2)c(OC)c1. The Kier molecular flexibility index (Phi) is 4.56. The van der Waals surface area contributed by atoms with E-state index in [1.54, 1.807) is 49.6 Å². The van der Waals surface area contributed by atoms with Gasteiger partial charge in [-0.2, -0.15) is 0 Å². The van der Waals surface area contributed by atoms with E-state index in [-0.39, 0.29) is 5.91 Å². The molecule has 21 heavy (non-hydrogen) atoms. The lowest BCUT2D eigenvalue weighted by molar-refractivity contribution is 0.102. The lowest BCUT2D eigenvalue weighted by Gasteiger charge is -2.11. The molecule has 2 aromatic carbocycles. The first-order chi connectivity index (χ1) is 10.2. The van der Waals surface area contributed by atoms with Crippen molar-refractivity contribution in [1.82, 2.24) is 0 Å². The molecule has 0 spiro atoms. The highest BCUT2D eigenvalue weighted by atomic mass is 16.5. The minimum atomic E-state index is -0.282. The minimum Gasteiger partial charge on any atom is -0.497 e.